The number of para-hydroxylation sites is 1. The standard InChI is InChI=1S/C54H35N7.C36H23FN6.C19H14/c1-6-19-36(20-7-1)42-30-18-32-47-48(42)43-29-16-17-31-45(43)61(47)46-34-33-41(53-57-49(37-21-8-2-9-22-37)55-50(58-53)38-23-10-3-11-24-38)35-44(46)54-59-51(39-25-12-4-13-26-39)56-52(60-54)40-27-14-5-15-28-40;37-30-22-21-28(35-40-31(24-13-5-1-6-14-24)38-32(41-35)25-15-7-2-8-16-25)23-29(30)36-42-33(26-17-9-3-10-18-26)39-34(43-36)27-19-11-4-12-20-27;1-2-7-14(8-3-1)17-12-6-10-16-13-15-9-4-5-11-18(15)19(16)17/h1-35H;1-23H;1-12H,13H2/i2D,3D,4D,5D,8D,9D,10D,11D,12D,13D,14D,15D,21D,22D,23D,24D,25D,26D,27D,28D;1D,2D,3D,4D,5D,6D,7D,8D,9D,10D,11D,12D,13D,14D,15D,16D,17D,18D,19D,20D;. The molecule has 1 aliphatic rings. The molecule has 21 aromatic rings. The van der Waals surface area contributed by atoms with Crippen LogP contribution in [0.2, 0.25) is 0 Å². The molecule has 0 unspecified atom stereocenters. The van der Waals surface area contributed by atoms with E-state index in [1.165, 1.54) is 45.5 Å². The number of fused-ring (bicyclic) bond motifs is 6. The second-order valence-corrected chi connectivity index (χ2v) is 26.6. The number of rotatable bonds is 15. The van der Waals surface area contributed by atoms with E-state index in [1.807, 2.05) is 77.4 Å². The Bertz CT molecular complexity index is 9450. The molecule has 0 fully saturated rings. The van der Waals surface area contributed by atoms with E-state index in [4.69, 9.17) is 64.8 Å². The van der Waals surface area contributed by atoms with E-state index in [1.54, 1.807) is 6.07 Å². The van der Waals surface area contributed by atoms with Gasteiger partial charge in [-0.1, -0.05) is 375 Å². The summed E-state index contributed by atoms with van der Waals surface area (Å²) in [4.78, 5) is 53.2. The van der Waals surface area contributed by atoms with Crippen LogP contribution in [-0.4, -0.2) is 64.4 Å². The van der Waals surface area contributed by atoms with Crippen molar-refractivity contribution < 1.29 is 59.2 Å². The Hall–Kier alpha value is -16.7. The Labute approximate surface area is 766 Å². The van der Waals surface area contributed by atoms with Crippen LogP contribution in [0, 0.1) is 5.82 Å². The monoisotopic (exact) mass is 1620 g/mol. The van der Waals surface area contributed by atoms with Crippen LogP contribution < -0.4 is 0 Å². The smallest absolute Gasteiger partial charge is 0.167 e. The molecule has 0 aliphatic heterocycles. The van der Waals surface area contributed by atoms with Gasteiger partial charge in [0.25, 0.3) is 0 Å². The Morgan fingerprint density at radius 2 is 0.520 bits per heavy atom. The van der Waals surface area contributed by atoms with Gasteiger partial charge in [0, 0.05) is 72.0 Å². The minimum Gasteiger partial charge on any atom is -0.308 e. The van der Waals surface area contributed by atoms with Gasteiger partial charge in [0.05, 0.1) is 77.1 Å². The van der Waals surface area contributed by atoms with Gasteiger partial charge in [-0.15, -0.1) is 0 Å². The molecular weight excluding hydrogens is 1510 g/mol. The van der Waals surface area contributed by atoms with Crippen LogP contribution in [0.15, 0.2) is 424 Å². The van der Waals surface area contributed by atoms with E-state index in [9.17, 15) is 0 Å². The molecular formula is C109H72FN13. The van der Waals surface area contributed by atoms with Crippen LogP contribution in [0.4, 0.5) is 4.39 Å². The van der Waals surface area contributed by atoms with Crippen LogP contribution in [0.25, 0.3) is 198 Å². The fourth-order valence-electron chi connectivity index (χ4n) is 13.9. The summed E-state index contributed by atoms with van der Waals surface area (Å²) in [6.07, 6.45) is 1.06. The van der Waals surface area contributed by atoms with Gasteiger partial charge in [-0.2, -0.15) is 0 Å². The average molecular weight is 1620 g/mol. The van der Waals surface area contributed by atoms with Gasteiger partial charge in [0.15, 0.2) is 69.9 Å². The first-order valence-electron chi connectivity index (χ1n) is 57.4. The topological polar surface area (TPSA) is 160 Å². The van der Waals surface area contributed by atoms with E-state index < -0.39 is 356 Å². The zero-order chi connectivity index (χ0) is 117. The van der Waals surface area contributed by atoms with Crippen LogP contribution in [-0.2, 0) is 6.42 Å². The average Bonchev–Trinajstić information content (AvgIpc) is 1.59. The maximum Gasteiger partial charge on any atom is 0.167 e. The third-order valence-electron chi connectivity index (χ3n) is 19.2. The molecule has 0 spiro atoms. The molecule has 0 amide bonds. The first-order chi connectivity index (χ1) is 77.5. The molecule has 1 aliphatic carbocycles. The zero-order valence-electron chi connectivity index (χ0n) is 103. The number of aromatic nitrogens is 13. The Kier molecular flexibility index (Phi) is 12.0. The fraction of sp³-hybridized carbons (Fsp3) is 0.00917. The SMILES string of the molecule is [2H]c1c([2H])c([2H])c(-c2nc(-c3ccc(-n4c5ccccc5c5c(-c6ccccc6)cccc54)c(-c4nc(-c5c([2H])c([2H])c([2H])c([2H])c5[2H])nc(-c5c([2H])c([2H])c([2H])c([2H])c5[2H])n4)c3)nc(-c3c([2H])c([2H])c([2H])c([2H])c3[2H])n2)c([2H])c1[2H].[2H]c1c([2H])c([2H])c(-c2nc(-c3ccc(F)c(-c4nc(-c5c([2H])c([2H])c([2H])c([2H])c5[2H])nc(-c5c([2H])c([2H])c([2H])c([2H])c5[2H])n4)c3)nc(-c3c([2H])c([2H])c([2H])c([2H])c3[2H])n2)c([2H])c1[2H].c1ccc(-c2cccc3c2-c2ccccc2C3)cc1. The summed E-state index contributed by atoms with van der Waals surface area (Å²) in [5.41, 5.74) is 6.30. The molecule has 580 valence electrons. The largest absolute Gasteiger partial charge is 0.308 e. The predicted molar refractivity (Wildman–Crippen MR) is 492 cm³/mol. The Morgan fingerprint density at radius 1 is 0.220 bits per heavy atom. The molecule has 0 atom stereocenters. The van der Waals surface area contributed by atoms with Crippen LogP contribution >= 0.6 is 0 Å². The van der Waals surface area contributed by atoms with E-state index >= 15 is 4.39 Å². The lowest BCUT2D eigenvalue weighted by molar-refractivity contribution is 0.630. The predicted octanol–water partition coefficient (Wildman–Crippen LogP) is 25.9. The van der Waals surface area contributed by atoms with Crippen molar-refractivity contribution >= 4 is 21.8 Å². The van der Waals surface area contributed by atoms with Gasteiger partial charge in [-0.05, 0) is 99.5 Å². The third kappa shape index (κ3) is 15.7. The lowest BCUT2D eigenvalue weighted by atomic mass is 9.94. The van der Waals surface area contributed by atoms with E-state index in [-0.39, 0.29) is 34.0 Å². The van der Waals surface area contributed by atoms with Gasteiger partial charge in [0.1, 0.15) is 5.82 Å². The van der Waals surface area contributed by atoms with Gasteiger partial charge >= 0.3 is 0 Å². The van der Waals surface area contributed by atoms with Gasteiger partial charge in [0.2, 0.25) is 0 Å². The van der Waals surface area contributed by atoms with E-state index in [0.29, 0.717) is 11.0 Å². The quantitative estimate of drug-likeness (QED) is 0.0957. The minimum absolute atomic E-state index is 0.000897. The summed E-state index contributed by atoms with van der Waals surface area (Å²) in [7, 11) is 0. The highest BCUT2D eigenvalue weighted by Crippen LogP contribution is 2.45. The van der Waals surface area contributed by atoms with E-state index in [0.717, 1.165) is 46.5 Å². The fourth-order valence-corrected chi connectivity index (χ4v) is 13.9. The molecule has 22 rings (SSSR count). The van der Waals surface area contributed by atoms with Crippen molar-refractivity contribution in [1.82, 2.24) is 64.4 Å². The van der Waals surface area contributed by atoms with Crippen LogP contribution in [0.5, 0.6) is 0 Å². The van der Waals surface area contributed by atoms with Gasteiger partial charge in [-0.3, -0.25) is 0 Å². The molecule has 0 bridgehead atoms. The van der Waals surface area contributed by atoms with Crippen molar-refractivity contribution in [3.05, 3.63) is 441 Å². The lowest BCUT2D eigenvalue weighted by Gasteiger charge is -2.16. The maximum atomic E-state index is 16.2. The number of halogens is 1. The molecule has 123 heavy (non-hydrogen) atoms. The minimum atomic E-state index is -1.10. The molecule has 0 saturated carbocycles. The third-order valence-corrected chi connectivity index (χ3v) is 19.2. The van der Waals surface area contributed by atoms with Gasteiger partial charge in [-0.25, -0.2) is 64.2 Å². The zero-order valence-corrected chi connectivity index (χ0v) is 63.2. The molecule has 0 radical (unpaired) electrons. The Morgan fingerprint density at radius 3 is 0.943 bits per heavy atom. The molecule has 16 aromatic carbocycles. The maximum absolute atomic E-state index is 16.2. The van der Waals surface area contributed by atoms with Crippen molar-refractivity contribution in [2.75, 3.05) is 0 Å². The lowest BCUT2D eigenvalue weighted by Crippen LogP contribution is -2.05. The summed E-state index contributed by atoms with van der Waals surface area (Å²) in [6, 6.07) is 25.4. The first-order valence-corrected chi connectivity index (χ1v) is 37.4. The van der Waals surface area contributed by atoms with Gasteiger partial charge < -0.3 is 4.57 Å². The highest BCUT2D eigenvalue weighted by atomic mass is 19.1. The van der Waals surface area contributed by atoms with Crippen LogP contribution in [0.3, 0.4) is 0 Å². The molecule has 13 nitrogen and oxygen atoms in total. The molecule has 14 heteroatoms. The first kappa shape index (κ1) is 43.1. The molecule has 0 N–H and O–H groups in total. The van der Waals surface area contributed by atoms with Crippen molar-refractivity contribution in [3.8, 4) is 176 Å². The Balaban J connectivity index is 0.000000169. The van der Waals surface area contributed by atoms with Crippen LogP contribution in [0.1, 0.15) is 66.0 Å². The summed E-state index contributed by atoms with van der Waals surface area (Å²) < 4.78 is 358. The summed E-state index contributed by atoms with van der Waals surface area (Å²) in [5, 5.41) is 1.58. The normalized spacial score (nSPS) is 15.8. The number of benzene rings is 16. The summed E-state index contributed by atoms with van der Waals surface area (Å²) in [5.74, 6) is -7.93. The highest BCUT2D eigenvalue weighted by molar-refractivity contribution is 6.16. The van der Waals surface area contributed by atoms with Crippen molar-refractivity contribution in [2.45, 2.75) is 6.42 Å². The molecule has 5 aromatic heterocycles. The molecule has 0 saturated heterocycles. The second kappa shape index (κ2) is 34.1. The number of hydrogen-bond donors (Lipinski definition) is 0. The molecule has 5 heterocycles. The van der Waals surface area contributed by atoms with Crippen molar-refractivity contribution in [3.63, 3.8) is 0 Å². The van der Waals surface area contributed by atoms with Crippen molar-refractivity contribution in [1.29, 1.82) is 0 Å². The van der Waals surface area contributed by atoms with E-state index in [2.05, 4.69) is 123 Å². The summed E-state index contributed by atoms with van der Waals surface area (Å²) >= 11 is 0. The highest BCUT2D eigenvalue weighted by Gasteiger charge is 2.26. The number of nitrogens with zero attached hydrogens (tertiary/aromatic N) is 13. The van der Waals surface area contributed by atoms with Crippen molar-refractivity contribution in [2.24, 2.45) is 0 Å². The number of hydrogen-bond acceptors (Lipinski definition) is 12. The summed E-state index contributed by atoms with van der Waals surface area (Å²) in [6.45, 7) is 0. The second-order valence-electron chi connectivity index (χ2n) is 26.6.